The average molecular weight is 477 g/mol. The molecule has 0 bridgehead atoms. The zero-order chi connectivity index (χ0) is 24.0. The van der Waals surface area contributed by atoms with Gasteiger partial charge in [0.05, 0.1) is 24.8 Å². The summed E-state index contributed by atoms with van der Waals surface area (Å²) in [5.41, 5.74) is -0.400. The van der Waals surface area contributed by atoms with Crippen LogP contribution in [0.3, 0.4) is 0 Å². The number of methoxy groups -OCH3 is 2. The van der Waals surface area contributed by atoms with Gasteiger partial charge in [0, 0.05) is 11.5 Å². The topological polar surface area (TPSA) is 115 Å². The Hall–Kier alpha value is -4.24. The molecule has 0 aliphatic carbocycles. The molecular formula is C25H19NO7S. The number of hydrogen-bond acceptors (Lipinski definition) is 7. The molecule has 8 nitrogen and oxygen atoms in total. The molecule has 0 saturated heterocycles. The molecule has 0 saturated carbocycles. The molecular weight excluding hydrogens is 458 g/mol. The first-order chi connectivity index (χ1) is 16.4. The lowest BCUT2D eigenvalue weighted by atomic mass is 10.1. The molecule has 1 aromatic heterocycles. The maximum atomic E-state index is 13.3. The first kappa shape index (κ1) is 21.6. The van der Waals surface area contributed by atoms with Gasteiger partial charge in [-0.15, -0.1) is 0 Å². The fourth-order valence-corrected chi connectivity index (χ4v) is 5.36. The van der Waals surface area contributed by atoms with E-state index in [-0.39, 0.29) is 44.0 Å². The van der Waals surface area contributed by atoms with E-state index in [4.69, 9.17) is 13.9 Å². The van der Waals surface area contributed by atoms with Gasteiger partial charge in [-0.3, -0.25) is 9.52 Å². The molecule has 34 heavy (non-hydrogen) atoms. The van der Waals surface area contributed by atoms with Crippen LogP contribution in [-0.4, -0.2) is 27.7 Å². The minimum Gasteiger partial charge on any atom is -0.504 e. The summed E-state index contributed by atoms with van der Waals surface area (Å²) in [6.45, 7) is 0. The normalized spacial score (nSPS) is 11.7. The van der Waals surface area contributed by atoms with Crippen molar-refractivity contribution in [2.24, 2.45) is 0 Å². The summed E-state index contributed by atoms with van der Waals surface area (Å²) in [5, 5.41) is 12.2. The molecule has 4 aromatic carbocycles. The number of anilines is 1. The molecule has 0 fully saturated rings. The summed E-state index contributed by atoms with van der Waals surface area (Å²) in [6.07, 6.45) is 0. The van der Waals surface area contributed by atoms with Crippen molar-refractivity contribution in [1.29, 1.82) is 0 Å². The molecule has 5 rings (SSSR count). The monoisotopic (exact) mass is 477 g/mol. The number of phenols is 1. The SMILES string of the molecule is COc1c(NS(=O)(=O)c2cccc3ccccc23)cc2oc3cccc(OC)c3c(=O)c2c1O. The summed E-state index contributed by atoms with van der Waals surface area (Å²) in [6, 6.07) is 18.2. The minimum absolute atomic E-state index is 0.0142. The summed E-state index contributed by atoms with van der Waals surface area (Å²) in [5.74, 6) is -0.470. The van der Waals surface area contributed by atoms with Crippen LogP contribution in [0.15, 0.2) is 80.8 Å². The predicted octanol–water partition coefficient (Wildman–Crippen LogP) is 4.62. The average Bonchev–Trinajstić information content (AvgIpc) is 2.83. The molecule has 5 aromatic rings. The minimum atomic E-state index is -4.10. The van der Waals surface area contributed by atoms with Gasteiger partial charge < -0.3 is 19.0 Å². The third-order valence-corrected chi connectivity index (χ3v) is 7.01. The Labute approximate surface area is 194 Å². The van der Waals surface area contributed by atoms with Crippen molar-refractivity contribution in [2.45, 2.75) is 4.90 Å². The quantitative estimate of drug-likeness (QED) is 0.355. The van der Waals surface area contributed by atoms with Crippen LogP contribution in [0.25, 0.3) is 32.7 Å². The van der Waals surface area contributed by atoms with Crippen LogP contribution < -0.4 is 19.6 Å². The van der Waals surface area contributed by atoms with Gasteiger partial charge in [-0.05, 0) is 23.6 Å². The number of phenolic OH excluding ortho intramolecular Hbond substituents is 1. The summed E-state index contributed by atoms with van der Waals surface area (Å²) >= 11 is 0. The number of fused-ring (bicyclic) bond motifs is 3. The number of benzene rings is 4. The maximum absolute atomic E-state index is 13.3. The highest BCUT2D eigenvalue weighted by atomic mass is 32.2. The Bertz CT molecular complexity index is 1750. The molecule has 0 unspecified atom stereocenters. The molecule has 9 heteroatoms. The molecule has 172 valence electrons. The highest BCUT2D eigenvalue weighted by molar-refractivity contribution is 7.93. The molecule has 2 N–H and O–H groups in total. The highest BCUT2D eigenvalue weighted by Crippen LogP contribution is 2.42. The van der Waals surface area contributed by atoms with Gasteiger partial charge in [0.2, 0.25) is 5.43 Å². The third-order valence-electron chi connectivity index (χ3n) is 5.59. The van der Waals surface area contributed by atoms with Crippen molar-refractivity contribution in [3.8, 4) is 17.2 Å². The molecule has 1 heterocycles. The first-order valence-corrected chi connectivity index (χ1v) is 11.7. The zero-order valence-electron chi connectivity index (χ0n) is 18.2. The highest BCUT2D eigenvalue weighted by Gasteiger charge is 2.25. The lowest BCUT2D eigenvalue weighted by Crippen LogP contribution is -2.14. The Balaban J connectivity index is 1.74. The molecule has 0 atom stereocenters. The number of sulfonamides is 1. The summed E-state index contributed by atoms with van der Waals surface area (Å²) < 4.78 is 45.5. The fraction of sp³-hybridized carbons (Fsp3) is 0.0800. The Morgan fingerprint density at radius 2 is 1.62 bits per heavy atom. The van der Waals surface area contributed by atoms with E-state index in [2.05, 4.69) is 4.72 Å². The van der Waals surface area contributed by atoms with E-state index in [1.807, 2.05) is 18.2 Å². The standard InChI is InChI=1S/C25H19NO7S/c1-31-17-10-6-11-18-21(17)23(27)22-19(33-18)13-16(25(32-2)24(22)28)26-34(29,30)20-12-5-8-14-7-3-4-9-15(14)20/h3-13,26,28H,1-2H3. The van der Waals surface area contributed by atoms with Gasteiger partial charge in [0.15, 0.2) is 11.5 Å². The third kappa shape index (κ3) is 3.29. The number of rotatable bonds is 5. The van der Waals surface area contributed by atoms with Crippen LogP contribution in [0.2, 0.25) is 0 Å². The fourth-order valence-electron chi connectivity index (χ4n) is 4.07. The maximum Gasteiger partial charge on any atom is 0.262 e. The second-order valence-corrected chi connectivity index (χ2v) is 9.18. The molecule has 0 radical (unpaired) electrons. The van der Waals surface area contributed by atoms with Crippen LogP contribution in [0.1, 0.15) is 0 Å². The van der Waals surface area contributed by atoms with Gasteiger partial charge in [0.1, 0.15) is 27.7 Å². The summed E-state index contributed by atoms with van der Waals surface area (Å²) in [4.78, 5) is 13.3. The number of aromatic hydroxyl groups is 1. The van der Waals surface area contributed by atoms with E-state index in [1.165, 1.54) is 26.4 Å². The Morgan fingerprint density at radius 3 is 2.38 bits per heavy atom. The van der Waals surface area contributed by atoms with Crippen molar-refractivity contribution >= 4 is 48.4 Å². The second kappa shape index (κ2) is 7.96. The van der Waals surface area contributed by atoms with Crippen LogP contribution in [0.5, 0.6) is 17.2 Å². The van der Waals surface area contributed by atoms with Crippen LogP contribution in [0, 0.1) is 0 Å². The lowest BCUT2D eigenvalue weighted by Gasteiger charge is -2.16. The summed E-state index contributed by atoms with van der Waals surface area (Å²) in [7, 11) is -1.42. The van der Waals surface area contributed by atoms with Crippen molar-refractivity contribution in [3.05, 3.63) is 77.0 Å². The van der Waals surface area contributed by atoms with Crippen molar-refractivity contribution in [2.75, 3.05) is 18.9 Å². The van der Waals surface area contributed by atoms with E-state index in [0.29, 0.717) is 5.39 Å². The molecule has 0 spiro atoms. The van der Waals surface area contributed by atoms with E-state index >= 15 is 0 Å². The van der Waals surface area contributed by atoms with E-state index in [0.717, 1.165) is 5.39 Å². The van der Waals surface area contributed by atoms with Gasteiger partial charge in [-0.1, -0.05) is 42.5 Å². The van der Waals surface area contributed by atoms with Crippen molar-refractivity contribution in [3.63, 3.8) is 0 Å². The second-order valence-electron chi connectivity index (χ2n) is 7.53. The van der Waals surface area contributed by atoms with Gasteiger partial charge in [-0.25, -0.2) is 8.42 Å². The Kier molecular flexibility index (Phi) is 5.06. The predicted molar refractivity (Wildman–Crippen MR) is 130 cm³/mol. The Morgan fingerprint density at radius 1 is 0.882 bits per heavy atom. The van der Waals surface area contributed by atoms with Gasteiger partial charge >= 0.3 is 0 Å². The number of nitrogens with one attached hydrogen (secondary N) is 1. The van der Waals surface area contributed by atoms with Crippen LogP contribution in [-0.2, 0) is 10.0 Å². The zero-order valence-corrected chi connectivity index (χ0v) is 19.0. The first-order valence-electron chi connectivity index (χ1n) is 10.2. The largest absolute Gasteiger partial charge is 0.504 e. The smallest absolute Gasteiger partial charge is 0.262 e. The molecule has 0 amide bonds. The van der Waals surface area contributed by atoms with Crippen molar-refractivity contribution < 1.29 is 27.4 Å². The van der Waals surface area contributed by atoms with Crippen molar-refractivity contribution in [1.82, 2.24) is 0 Å². The molecule has 0 aliphatic heterocycles. The van der Waals surface area contributed by atoms with Gasteiger partial charge in [-0.2, -0.15) is 0 Å². The van der Waals surface area contributed by atoms with Gasteiger partial charge in [0.25, 0.3) is 10.0 Å². The van der Waals surface area contributed by atoms with Crippen LogP contribution in [0.4, 0.5) is 5.69 Å². The van der Waals surface area contributed by atoms with Crippen LogP contribution >= 0.6 is 0 Å². The lowest BCUT2D eigenvalue weighted by molar-refractivity contribution is 0.378. The van der Waals surface area contributed by atoms with E-state index in [1.54, 1.807) is 36.4 Å². The van der Waals surface area contributed by atoms with E-state index in [9.17, 15) is 18.3 Å². The van der Waals surface area contributed by atoms with E-state index < -0.39 is 21.2 Å². The number of hydrogen-bond donors (Lipinski definition) is 2. The number of ether oxygens (including phenoxy) is 2. The molecule has 0 aliphatic rings.